The molecule has 34 heavy (non-hydrogen) atoms. The maximum atomic E-state index is 12.4. The Morgan fingerprint density at radius 2 is 1.91 bits per heavy atom. The number of hydrogen-bond acceptors (Lipinski definition) is 11. The minimum Gasteiger partial charge on any atom is -0.496 e. The molecule has 0 spiro atoms. The molecule has 2 aromatic carbocycles. The number of amides is 2. The number of carbonyl (C=O) groups excluding carboxylic acids is 2. The molecule has 0 fully saturated rings. The lowest BCUT2D eigenvalue weighted by Crippen LogP contribution is -2.19. The molecule has 0 unspecified atom stereocenters. The maximum absolute atomic E-state index is 12.4. The van der Waals surface area contributed by atoms with Gasteiger partial charge in [-0.1, -0.05) is 23.5 Å². The van der Waals surface area contributed by atoms with Gasteiger partial charge in [0.15, 0.2) is 0 Å². The minimum atomic E-state index is -0.907. The summed E-state index contributed by atoms with van der Waals surface area (Å²) in [5.41, 5.74) is 1.34. The van der Waals surface area contributed by atoms with Gasteiger partial charge in [-0.05, 0) is 18.2 Å². The number of aromatic nitrogens is 2. The number of hydrogen-bond donors (Lipinski definition) is 2. The van der Waals surface area contributed by atoms with Gasteiger partial charge in [0.25, 0.3) is 17.3 Å². The standard InChI is InChI=1S/C19H15N7O7S/c1-33-15-5-3-2-4-11(15)10-20-22-16(27)9-17-23-24-19(34-17)21-18(28)13-7-6-12(25(29)30)8-14(13)26(31)32/h2-8,10H,9H2,1H3,(H,22,27)(H,21,24,28)/b20-10-. The molecule has 0 atom stereocenters. The first kappa shape index (κ1) is 23.9. The van der Waals surface area contributed by atoms with Gasteiger partial charge in [-0.2, -0.15) is 5.10 Å². The quantitative estimate of drug-likeness (QED) is 0.260. The summed E-state index contributed by atoms with van der Waals surface area (Å²) in [4.78, 5) is 44.8. The number of rotatable bonds is 9. The molecule has 2 N–H and O–H groups in total. The predicted molar refractivity (Wildman–Crippen MR) is 120 cm³/mol. The highest BCUT2D eigenvalue weighted by Crippen LogP contribution is 2.26. The van der Waals surface area contributed by atoms with E-state index in [2.05, 4.69) is 26.0 Å². The van der Waals surface area contributed by atoms with E-state index in [1.807, 2.05) is 0 Å². The molecule has 15 heteroatoms. The van der Waals surface area contributed by atoms with Crippen LogP contribution in [0.1, 0.15) is 20.9 Å². The number of hydrazone groups is 1. The molecule has 2 amide bonds. The molecular formula is C19H15N7O7S. The molecule has 3 rings (SSSR count). The van der Waals surface area contributed by atoms with Crippen LogP contribution in [0.25, 0.3) is 0 Å². The lowest BCUT2D eigenvalue weighted by Gasteiger charge is -2.03. The van der Waals surface area contributed by atoms with Crippen LogP contribution in [0.3, 0.4) is 0 Å². The third-order valence-corrected chi connectivity index (χ3v) is 5.00. The Morgan fingerprint density at radius 3 is 2.62 bits per heavy atom. The van der Waals surface area contributed by atoms with Crippen LogP contribution in [0.5, 0.6) is 5.75 Å². The number of non-ortho nitro benzene ring substituents is 1. The van der Waals surface area contributed by atoms with Gasteiger partial charge in [-0.15, -0.1) is 10.2 Å². The van der Waals surface area contributed by atoms with E-state index >= 15 is 0 Å². The Balaban J connectivity index is 1.62. The fourth-order valence-corrected chi connectivity index (χ4v) is 3.37. The molecule has 0 aliphatic carbocycles. The van der Waals surface area contributed by atoms with Gasteiger partial charge in [-0.25, -0.2) is 5.43 Å². The van der Waals surface area contributed by atoms with Crippen LogP contribution in [-0.2, 0) is 11.2 Å². The summed E-state index contributed by atoms with van der Waals surface area (Å²) >= 11 is 0.877. The normalized spacial score (nSPS) is 10.6. The van der Waals surface area contributed by atoms with Crippen LogP contribution < -0.4 is 15.5 Å². The van der Waals surface area contributed by atoms with Gasteiger partial charge in [0.05, 0.1) is 35.7 Å². The van der Waals surface area contributed by atoms with Crippen molar-refractivity contribution in [3.05, 3.63) is 78.8 Å². The number of nitro groups is 2. The van der Waals surface area contributed by atoms with Crippen LogP contribution >= 0.6 is 11.3 Å². The smallest absolute Gasteiger partial charge is 0.289 e. The van der Waals surface area contributed by atoms with E-state index in [1.165, 1.54) is 13.3 Å². The first-order valence-electron chi connectivity index (χ1n) is 9.30. The van der Waals surface area contributed by atoms with Crippen molar-refractivity contribution < 1.29 is 24.2 Å². The highest BCUT2D eigenvalue weighted by molar-refractivity contribution is 7.15. The van der Waals surface area contributed by atoms with Gasteiger partial charge < -0.3 is 4.74 Å². The van der Waals surface area contributed by atoms with Crippen LogP contribution in [0.2, 0.25) is 0 Å². The third-order valence-electron chi connectivity index (χ3n) is 4.16. The van der Waals surface area contributed by atoms with E-state index in [9.17, 15) is 29.8 Å². The van der Waals surface area contributed by atoms with Crippen molar-refractivity contribution in [2.24, 2.45) is 5.10 Å². The van der Waals surface area contributed by atoms with E-state index in [-0.39, 0.29) is 16.6 Å². The lowest BCUT2D eigenvalue weighted by molar-refractivity contribution is -0.394. The number of nitro benzene ring substituents is 2. The average molecular weight is 485 g/mol. The molecule has 0 saturated carbocycles. The fourth-order valence-electron chi connectivity index (χ4n) is 2.64. The van der Waals surface area contributed by atoms with Crippen LogP contribution in [-0.4, -0.2) is 45.2 Å². The third kappa shape index (κ3) is 5.92. The largest absolute Gasteiger partial charge is 0.496 e. The monoisotopic (exact) mass is 485 g/mol. The van der Waals surface area contributed by atoms with Gasteiger partial charge in [0.1, 0.15) is 16.3 Å². The Morgan fingerprint density at radius 1 is 1.15 bits per heavy atom. The maximum Gasteiger partial charge on any atom is 0.289 e. The Hall–Kier alpha value is -4.79. The van der Waals surface area contributed by atoms with E-state index in [0.29, 0.717) is 17.4 Å². The second kappa shape index (κ2) is 10.7. The summed E-state index contributed by atoms with van der Waals surface area (Å²) in [5, 5.41) is 36.0. The summed E-state index contributed by atoms with van der Waals surface area (Å²) in [7, 11) is 1.51. The molecule has 0 radical (unpaired) electrons. The van der Waals surface area contributed by atoms with Gasteiger partial charge in [0.2, 0.25) is 11.0 Å². The number of para-hydroxylation sites is 1. The number of benzene rings is 2. The molecule has 1 aromatic heterocycles. The van der Waals surface area contributed by atoms with E-state index in [1.54, 1.807) is 24.3 Å². The summed E-state index contributed by atoms with van der Waals surface area (Å²) < 4.78 is 5.18. The molecule has 174 valence electrons. The summed E-state index contributed by atoms with van der Waals surface area (Å²) in [5.74, 6) is -0.820. The van der Waals surface area contributed by atoms with Crippen molar-refractivity contribution in [3.63, 3.8) is 0 Å². The van der Waals surface area contributed by atoms with Gasteiger partial charge >= 0.3 is 0 Å². The van der Waals surface area contributed by atoms with Crippen molar-refractivity contribution in [1.29, 1.82) is 0 Å². The molecule has 0 aliphatic rings. The van der Waals surface area contributed by atoms with Crippen molar-refractivity contribution in [1.82, 2.24) is 15.6 Å². The van der Waals surface area contributed by atoms with E-state index < -0.39 is 38.6 Å². The fraction of sp³-hybridized carbons (Fsp3) is 0.105. The number of nitrogens with one attached hydrogen (secondary N) is 2. The summed E-state index contributed by atoms with van der Waals surface area (Å²) in [6.45, 7) is 0. The number of methoxy groups -OCH3 is 1. The zero-order valence-corrected chi connectivity index (χ0v) is 18.1. The minimum absolute atomic E-state index is 0.0158. The van der Waals surface area contributed by atoms with Crippen molar-refractivity contribution in [2.75, 3.05) is 12.4 Å². The van der Waals surface area contributed by atoms with Crippen molar-refractivity contribution >= 4 is 45.9 Å². The van der Waals surface area contributed by atoms with Crippen LogP contribution in [0, 0.1) is 20.2 Å². The molecule has 0 saturated heterocycles. The molecular weight excluding hydrogens is 470 g/mol. The molecule has 0 bridgehead atoms. The van der Waals surface area contributed by atoms with Gasteiger partial charge in [-0.3, -0.25) is 35.1 Å². The Kier molecular flexibility index (Phi) is 7.50. The van der Waals surface area contributed by atoms with Crippen LogP contribution in [0.4, 0.5) is 16.5 Å². The topological polar surface area (TPSA) is 192 Å². The first-order chi connectivity index (χ1) is 16.3. The number of carbonyl (C=O) groups is 2. The van der Waals surface area contributed by atoms with Gasteiger partial charge in [0, 0.05) is 11.6 Å². The SMILES string of the molecule is COc1ccccc1/C=N\NC(=O)Cc1nnc(NC(=O)c2ccc([N+](=O)[O-])cc2[N+](=O)[O-])s1. The summed E-state index contributed by atoms with van der Waals surface area (Å²) in [6.07, 6.45) is 1.23. The Bertz CT molecular complexity index is 1290. The second-order valence-electron chi connectivity index (χ2n) is 6.38. The second-order valence-corrected chi connectivity index (χ2v) is 7.44. The number of anilines is 1. The van der Waals surface area contributed by atoms with E-state index in [0.717, 1.165) is 23.5 Å². The van der Waals surface area contributed by atoms with E-state index in [4.69, 9.17) is 4.74 Å². The zero-order chi connectivity index (χ0) is 24.7. The number of ether oxygens (including phenoxy) is 1. The van der Waals surface area contributed by atoms with Crippen LogP contribution in [0.15, 0.2) is 47.6 Å². The number of nitrogens with zero attached hydrogens (tertiary/aromatic N) is 5. The molecule has 14 nitrogen and oxygen atoms in total. The molecule has 3 aromatic rings. The summed E-state index contributed by atoms with van der Waals surface area (Å²) in [6, 6.07) is 9.71. The highest BCUT2D eigenvalue weighted by Gasteiger charge is 2.25. The molecule has 1 heterocycles. The van der Waals surface area contributed by atoms with Crippen molar-refractivity contribution in [3.8, 4) is 5.75 Å². The highest BCUT2D eigenvalue weighted by atomic mass is 32.1. The first-order valence-corrected chi connectivity index (χ1v) is 10.1. The zero-order valence-electron chi connectivity index (χ0n) is 17.3. The predicted octanol–water partition coefficient (Wildman–Crippen LogP) is 2.31. The van der Waals surface area contributed by atoms with Crippen molar-refractivity contribution in [2.45, 2.75) is 6.42 Å². The average Bonchev–Trinajstić information content (AvgIpc) is 3.25. The molecule has 0 aliphatic heterocycles. The lowest BCUT2D eigenvalue weighted by atomic mass is 10.1. The Labute approximate surface area is 194 Å².